The summed E-state index contributed by atoms with van der Waals surface area (Å²) in [7, 11) is 0.261. The van der Waals surface area contributed by atoms with E-state index in [9.17, 15) is 8.42 Å². The molecule has 2 aromatic rings. The Balaban J connectivity index is 1.95. The zero-order valence-corrected chi connectivity index (χ0v) is 13.1. The van der Waals surface area contributed by atoms with Gasteiger partial charge in [0.1, 0.15) is 4.21 Å². The number of sulfonamides is 1. The van der Waals surface area contributed by atoms with Gasteiger partial charge in [-0.25, -0.2) is 13.1 Å². The minimum absolute atomic E-state index is 0.354. The number of nitrogens with zero attached hydrogens (tertiary/aromatic N) is 2. The lowest BCUT2D eigenvalue weighted by Crippen LogP contribution is -2.25. The maximum absolute atomic E-state index is 12.1. The first-order chi connectivity index (χ1) is 9.53. The number of thiophene rings is 1. The van der Waals surface area contributed by atoms with Crippen LogP contribution in [-0.4, -0.2) is 31.8 Å². The first-order valence-electron chi connectivity index (χ1n) is 6.23. The standard InChI is InChI=1S/C12H18N4O2S2/c1-13-9-11-3-4-12(19-11)20(17,18)15-8-6-10-5-7-14-16(10)2/h3-5,7,13,15H,6,8-9H2,1-2H3. The van der Waals surface area contributed by atoms with E-state index in [-0.39, 0.29) is 0 Å². The van der Waals surface area contributed by atoms with E-state index in [4.69, 9.17) is 0 Å². The van der Waals surface area contributed by atoms with E-state index in [1.165, 1.54) is 11.3 Å². The van der Waals surface area contributed by atoms with Gasteiger partial charge in [0.15, 0.2) is 0 Å². The quantitative estimate of drug-likeness (QED) is 0.790. The van der Waals surface area contributed by atoms with E-state index in [0.717, 1.165) is 10.6 Å². The number of rotatable bonds is 7. The van der Waals surface area contributed by atoms with Gasteiger partial charge in [0.25, 0.3) is 0 Å². The number of hydrogen-bond acceptors (Lipinski definition) is 5. The van der Waals surface area contributed by atoms with Crippen molar-refractivity contribution in [2.24, 2.45) is 7.05 Å². The van der Waals surface area contributed by atoms with Crippen molar-refractivity contribution >= 4 is 21.4 Å². The Hall–Kier alpha value is -1.22. The maximum atomic E-state index is 12.1. The van der Waals surface area contributed by atoms with Gasteiger partial charge < -0.3 is 5.32 Å². The Morgan fingerprint density at radius 2 is 2.15 bits per heavy atom. The summed E-state index contributed by atoms with van der Waals surface area (Å²) in [6.07, 6.45) is 2.32. The van der Waals surface area contributed by atoms with Crippen LogP contribution >= 0.6 is 11.3 Å². The molecule has 2 rings (SSSR count). The molecule has 0 aromatic carbocycles. The molecule has 0 radical (unpaired) electrons. The molecule has 0 aliphatic heterocycles. The zero-order chi connectivity index (χ0) is 14.6. The molecule has 110 valence electrons. The van der Waals surface area contributed by atoms with Gasteiger partial charge in [-0.3, -0.25) is 4.68 Å². The van der Waals surface area contributed by atoms with Crippen LogP contribution in [0.1, 0.15) is 10.6 Å². The van der Waals surface area contributed by atoms with E-state index in [0.29, 0.717) is 23.7 Å². The molecule has 6 nitrogen and oxygen atoms in total. The van der Waals surface area contributed by atoms with Crippen molar-refractivity contribution in [3.8, 4) is 0 Å². The largest absolute Gasteiger partial charge is 0.315 e. The van der Waals surface area contributed by atoms with Crippen molar-refractivity contribution in [3.63, 3.8) is 0 Å². The molecule has 0 saturated carbocycles. The van der Waals surface area contributed by atoms with Gasteiger partial charge in [0.05, 0.1) is 0 Å². The molecule has 0 amide bonds. The van der Waals surface area contributed by atoms with Gasteiger partial charge in [-0.2, -0.15) is 5.10 Å². The highest BCUT2D eigenvalue weighted by Crippen LogP contribution is 2.21. The second-order valence-corrected chi connectivity index (χ2v) is 7.51. The minimum Gasteiger partial charge on any atom is -0.315 e. The van der Waals surface area contributed by atoms with Crippen LogP contribution in [0.4, 0.5) is 0 Å². The van der Waals surface area contributed by atoms with Crippen LogP contribution in [0, 0.1) is 0 Å². The van der Waals surface area contributed by atoms with E-state index in [1.807, 2.05) is 26.2 Å². The lowest BCUT2D eigenvalue weighted by molar-refractivity contribution is 0.582. The summed E-state index contributed by atoms with van der Waals surface area (Å²) in [4.78, 5) is 1.000. The molecular weight excluding hydrogens is 296 g/mol. The first-order valence-corrected chi connectivity index (χ1v) is 8.53. The summed E-state index contributed by atoms with van der Waals surface area (Å²) in [6, 6.07) is 5.35. The highest BCUT2D eigenvalue weighted by molar-refractivity contribution is 7.91. The van der Waals surface area contributed by atoms with Gasteiger partial charge in [0.2, 0.25) is 10.0 Å². The second kappa shape index (κ2) is 6.49. The van der Waals surface area contributed by atoms with Gasteiger partial charge in [-0.15, -0.1) is 11.3 Å². The van der Waals surface area contributed by atoms with Crippen LogP contribution in [0.5, 0.6) is 0 Å². The summed E-state index contributed by atoms with van der Waals surface area (Å²) in [5.74, 6) is 0. The molecule has 2 aromatic heterocycles. The van der Waals surface area contributed by atoms with Gasteiger partial charge in [-0.1, -0.05) is 0 Å². The number of aromatic nitrogens is 2. The van der Waals surface area contributed by atoms with Gasteiger partial charge in [0, 0.05) is 43.3 Å². The fraction of sp³-hybridized carbons (Fsp3) is 0.417. The van der Waals surface area contributed by atoms with Gasteiger partial charge >= 0.3 is 0 Å². The summed E-state index contributed by atoms with van der Waals surface area (Å²) >= 11 is 1.28. The van der Waals surface area contributed by atoms with E-state index in [1.54, 1.807) is 16.9 Å². The first kappa shape index (κ1) is 15.2. The summed E-state index contributed by atoms with van der Waals surface area (Å²) in [6.45, 7) is 1.04. The molecule has 0 unspecified atom stereocenters. The molecule has 0 saturated heterocycles. The van der Waals surface area contributed by atoms with Crippen LogP contribution in [0.2, 0.25) is 0 Å². The van der Waals surface area contributed by atoms with E-state index >= 15 is 0 Å². The Bertz CT molecular complexity index is 661. The highest BCUT2D eigenvalue weighted by atomic mass is 32.2. The predicted octanol–water partition coefficient (Wildman–Crippen LogP) is 0.722. The number of nitrogens with one attached hydrogen (secondary N) is 2. The van der Waals surface area contributed by atoms with E-state index < -0.39 is 10.0 Å². The molecule has 20 heavy (non-hydrogen) atoms. The third-order valence-corrected chi connectivity index (χ3v) is 5.89. The maximum Gasteiger partial charge on any atom is 0.250 e. The van der Waals surface area contributed by atoms with Gasteiger partial charge in [-0.05, 0) is 25.2 Å². The normalized spacial score (nSPS) is 11.9. The molecular formula is C12H18N4O2S2. The second-order valence-electron chi connectivity index (χ2n) is 4.35. The average molecular weight is 314 g/mol. The lowest BCUT2D eigenvalue weighted by Gasteiger charge is -2.05. The molecule has 2 heterocycles. The monoisotopic (exact) mass is 314 g/mol. The molecule has 0 fully saturated rings. The molecule has 2 N–H and O–H groups in total. The van der Waals surface area contributed by atoms with Crippen LogP contribution < -0.4 is 10.0 Å². The molecule has 0 aliphatic rings. The van der Waals surface area contributed by atoms with Crippen molar-refractivity contribution in [3.05, 3.63) is 35.0 Å². The number of aryl methyl sites for hydroxylation is 1. The van der Waals surface area contributed by atoms with Crippen molar-refractivity contribution in [1.29, 1.82) is 0 Å². The highest BCUT2D eigenvalue weighted by Gasteiger charge is 2.16. The number of hydrogen-bond donors (Lipinski definition) is 2. The molecule has 0 spiro atoms. The van der Waals surface area contributed by atoms with Crippen molar-refractivity contribution in [2.75, 3.05) is 13.6 Å². The Kier molecular flexibility index (Phi) is 4.92. The Morgan fingerprint density at radius 3 is 2.80 bits per heavy atom. The fourth-order valence-electron chi connectivity index (χ4n) is 1.80. The smallest absolute Gasteiger partial charge is 0.250 e. The van der Waals surface area contributed by atoms with Crippen molar-refractivity contribution in [2.45, 2.75) is 17.2 Å². The molecule has 0 aliphatic carbocycles. The lowest BCUT2D eigenvalue weighted by atomic mass is 10.3. The fourth-order valence-corrected chi connectivity index (χ4v) is 4.25. The zero-order valence-electron chi connectivity index (χ0n) is 11.5. The van der Waals surface area contributed by atoms with Crippen LogP contribution in [0.3, 0.4) is 0 Å². The van der Waals surface area contributed by atoms with Crippen LogP contribution in [0.15, 0.2) is 28.6 Å². The summed E-state index contributed by atoms with van der Waals surface area (Å²) in [5.41, 5.74) is 0.995. The third kappa shape index (κ3) is 3.66. The Morgan fingerprint density at radius 1 is 1.35 bits per heavy atom. The SMILES string of the molecule is CNCc1ccc(S(=O)(=O)NCCc2ccnn2C)s1. The summed E-state index contributed by atoms with van der Waals surface area (Å²) < 4.78 is 29.0. The van der Waals surface area contributed by atoms with Crippen LogP contribution in [0.25, 0.3) is 0 Å². The average Bonchev–Trinajstić information content (AvgIpc) is 3.00. The Labute approximate surface area is 122 Å². The van der Waals surface area contributed by atoms with Crippen molar-refractivity contribution in [1.82, 2.24) is 19.8 Å². The van der Waals surface area contributed by atoms with E-state index in [2.05, 4.69) is 15.1 Å². The summed E-state index contributed by atoms with van der Waals surface area (Å²) in [5, 5.41) is 7.05. The van der Waals surface area contributed by atoms with Crippen LogP contribution in [-0.2, 0) is 30.0 Å². The minimum atomic E-state index is -3.41. The molecule has 8 heteroatoms. The topological polar surface area (TPSA) is 76.0 Å². The predicted molar refractivity (Wildman–Crippen MR) is 79.2 cm³/mol. The third-order valence-electron chi connectivity index (χ3n) is 2.85. The van der Waals surface area contributed by atoms with Crippen molar-refractivity contribution < 1.29 is 8.42 Å². The molecule has 0 bridgehead atoms. The molecule has 0 atom stereocenters.